The molecule has 8 nitrogen and oxygen atoms in total. The summed E-state index contributed by atoms with van der Waals surface area (Å²) in [6.45, 7) is 0.658. The number of H-pyrrole nitrogens is 2. The molecule has 7 aromatic rings. The zero-order chi connectivity index (χ0) is 34.7. The average Bonchev–Trinajstić information content (AvgIpc) is 4.04. The first-order chi connectivity index (χ1) is 25.8. The molecule has 0 aliphatic carbocycles. The van der Waals surface area contributed by atoms with Crippen LogP contribution >= 0.6 is 0 Å². The van der Waals surface area contributed by atoms with E-state index in [-0.39, 0.29) is 0 Å². The van der Waals surface area contributed by atoms with Crippen LogP contribution in [0.4, 0.5) is 0 Å². The van der Waals surface area contributed by atoms with Gasteiger partial charge in [-0.15, -0.1) is 0 Å². The third-order valence-corrected chi connectivity index (χ3v) is 8.99. The highest BCUT2D eigenvalue weighted by atomic mass is 16.5. The zero-order valence-electron chi connectivity index (χ0n) is 28.0. The summed E-state index contributed by atoms with van der Waals surface area (Å²) in [6.07, 6.45) is 15.3. The second kappa shape index (κ2) is 13.7. The molecular weight excluding hydrogens is 645 g/mol. The highest BCUT2D eigenvalue weighted by molar-refractivity contribution is 5.95. The number of aromatic nitrogens is 6. The molecule has 0 saturated heterocycles. The first-order valence-corrected chi connectivity index (χ1v) is 17.1. The van der Waals surface area contributed by atoms with Crippen LogP contribution in [-0.2, 0) is 13.2 Å². The van der Waals surface area contributed by atoms with Gasteiger partial charge in [0, 0.05) is 58.1 Å². The number of rotatable bonds is 8. The van der Waals surface area contributed by atoms with Gasteiger partial charge in [-0.2, -0.15) is 0 Å². The monoisotopic (exact) mass is 676 g/mol. The molecule has 0 radical (unpaired) electrons. The Kier molecular flexibility index (Phi) is 8.15. The van der Waals surface area contributed by atoms with Crippen molar-refractivity contribution in [1.29, 1.82) is 0 Å². The molecule has 0 saturated carbocycles. The van der Waals surface area contributed by atoms with Gasteiger partial charge in [0.05, 0.1) is 22.4 Å². The number of fused-ring (bicyclic) bond motifs is 8. The molecule has 7 heterocycles. The molecule has 8 bridgehead atoms. The Balaban J connectivity index is 1.35. The first kappa shape index (κ1) is 31.0. The Hall–Kier alpha value is -7.06. The maximum atomic E-state index is 6.60. The van der Waals surface area contributed by atoms with E-state index in [2.05, 4.69) is 56.3 Å². The number of pyridine rings is 2. The van der Waals surface area contributed by atoms with Crippen LogP contribution in [0.3, 0.4) is 0 Å². The minimum atomic E-state index is 0.329. The van der Waals surface area contributed by atoms with Gasteiger partial charge in [-0.3, -0.25) is 9.97 Å². The van der Waals surface area contributed by atoms with Gasteiger partial charge in [0.1, 0.15) is 24.6 Å². The second-order valence-corrected chi connectivity index (χ2v) is 12.4. The van der Waals surface area contributed by atoms with Crippen molar-refractivity contribution in [3.05, 3.63) is 168 Å². The molecule has 9 rings (SSSR count). The highest BCUT2D eigenvalue weighted by Gasteiger charge is 2.18. The van der Waals surface area contributed by atoms with Crippen molar-refractivity contribution in [3.63, 3.8) is 0 Å². The minimum Gasteiger partial charge on any atom is -0.484 e. The highest BCUT2D eigenvalue weighted by Crippen LogP contribution is 2.37. The summed E-state index contributed by atoms with van der Waals surface area (Å²) in [5.74, 6) is 1.27. The van der Waals surface area contributed by atoms with Gasteiger partial charge < -0.3 is 19.4 Å². The van der Waals surface area contributed by atoms with Gasteiger partial charge in [-0.1, -0.05) is 72.8 Å². The van der Waals surface area contributed by atoms with Crippen molar-refractivity contribution in [2.75, 3.05) is 0 Å². The van der Waals surface area contributed by atoms with E-state index in [0.717, 1.165) is 66.8 Å². The van der Waals surface area contributed by atoms with E-state index in [1.54, 1.807) is 12.4 Å². The second-order valence-electron chi connectivity index (χ2n) is 12.4. The number of nitrogens with one attached hydrogen (secondary N) is 2. The van der Waals surface area contributed by atoms with Crippen LogP contribution < -0.4 is 9.47 Å². The van der Waals surface area contributed by atoms with Crippen LogP contribution in [0.25, 0.3) is 68.6 Å². The number of nitrogens with zero attached hydrogens (tertiary/aromatic N) is 4. The van der Waals surface area contributed by atoms with Crippen molar-refractivity contribution < 1.29 is 9.47 Å². The van der Waals surface area contributed by atoms with Gasteiger partial charge in [0.2, 0.25) is 0 Å². The fourth-order valence-corrected chi connectivity index (χ4v) is 6.55. The smallest absolute Gasteiger partial charge is 0.168 e. The lowest BCUT2D eigenvalue weighted by molar-refractivity contribution is 0.307. The van der Waals surface area contributed by atoms with Gasteiger partial charge in [0.25, 0.3) is 0 Å². The SMILES string of the molecule is C1=Cc2nc1c(OCc1cccnc1)c1ccc([nH]1)c(-c1ccccc1)c1nc(c(OCc3cccnc3)c3ccc([nH]3)c2-c2ccccc2)C=C1. The van der Waals surface area contributed by atoms with E-state index < -0.39 is 0 Å². The van der Waals surface area contributed by atoms with Crippen LogP contribution in [0.15, 0.2) is 134 Å². The lowest BCUT2D eigenvalue weighted by Gasteiger charge is -2.08. The summed E-state index contributed by atoms with van der Waals surface area (Å²) in [6, 6.07) is 36.6. The quantitative estimate of drug-likeness (QED) is 0.166. The predicted molar refractivity (Wildman–Crippen MR) is 207 cm³/mol. The normalized spacial score (nSPS) is 11.8. The van der Waals surface area contributed by atoms with Gasteiger partial charge >= 0.3 is 0 Å². The molecule has 0 spiro atoms. The van der Waals surface area contributed by atoms with Gasteiger partial charge in [-0.05, 0) is 71.8 Å². The van der Waals surface area contributed by atoms with E-state index >= 15 is 0 Å². The average molecular weight is 677 g/mol. The van der Waals surface area contributed by atoms with E-state index in [4.69, 9.17) is 19.4 Å². The number of hydrogen-bond donors (Lipinski definition) is 2. The summed E-state index contributed by atoms with van der Waals surface area (Å²) in [5.41, 5.74) is 12.3. The minimum absolute atomic E-state index is 0.329. The van der Waals surface area contributed by atoms with E-state index in [0.29, 0.717) is 36.1 Å². The lowest BCUT2D eigenvalue weighted by atomic mass is 10.0. The molecule has 0 amide bonds. The van der Waals surface area contributed by atoms with Gasteiger partial charge in [0.15, 0.2) is 11.5 Å². The molecule has 2 aromatic carbocycles. The fourth-order valence-electron chi connectivity index (χ4n) is 6.55. The number of benzene rings is 2. The number of ether oxygens (including phenoxy) is 2. The molecule has 0 unspecified atom stereocenters. The Morgan fingerprint density at radius 2 is 0.846 bits per heavy atom. The summed E-state index contributed by atoms with van der Waals surface area (Å²) in [5, 5.41) is 0. The first-order valence-electron chi connectivity index (χ1n) is 17.1. The standard InChI is InChI=1S/C44H32N6O2/c1-3-11-31(12-4-1)41-33-15-19-37(47-33)43(51-27-29-9-7-23-45-25-29)39-21-17-35(49-39)42(32-13-5-2-6-14-32)36-18-22-40(50-36)44(38-20-16-34(41)48-38)52-28-30-10-8-24-46-26-30/h1-26,47,50H,27-28H2. The Morgan fingerprint density at radius 1 is 0.423 bits per heavy atom. The van der Waals surface area contributed by atoms with Gasteiger partial charge in [-0.25, -0.2) is 9.97 Å². The number of hydrogen-bond acceptors (Lipinski definition) is 6. The topological polar surface area (TPSA) is 102 Å². The van der Waals surface area contributed by atoms with E-state index in [1.165, 1.54) is 0 Å². The largest absolute Gasteiger partial charge is 0.484 e. The molecule has 0 atom stereocenters. The molecule has 5 aromatic heterocycles. The van der Waals surface area contributed by atoms with Crippen LogP contribution in [0, 0.1) is 0 Å². The Labute approximate surface area is 299 Å². The van der Waals surface area contributed by atoms with Crippen LogP contribution in [0.5, 0.6) is 11.5 Å². The third-order valence-electron chi connectivity index (χ3n) is 8.99. The molecular formula is C44H32N6O2. The lowest BCUT2D eigenvalue weighted by Crippen LogP contribution is -1.98. The van der Waals surface area contributed by atoms with Crippen LogP contribution in [0.1, 0.15) is 33.9 Å². The van der Waals surface area contributed by atoms with E-state index in [1.807, 2.05) is 109 Å². The van der Waals surface area contributed by atoms with Crippen LogP contribution in [-0.4, -0.2) is 29.9 Å². The third kappa shape index (κ3) is 6.14. The Bertz CT molecular complexity index is 2430. The maximum Gasteiger partial charge on any atom is 0.168 e. The van der Waals surface area contributed by atoms with Crippen molar-refractivity contribution in [2.45, 2.75) is 13.2 Å². The fraction of sp³-hybridized carbons (Fsp3) is 0.0455. The van der Waals surface area contributed by atoms with Crippen molar-refractivity contribution >= 4 is 46.4 Å². The molecule has 52 heavy (non-hydrogen) atoms. The Morgan fingerprint density at radius 3 is 1.27 bits per heavy atom. The molecule has 8 heteroatoms. The summed E-state index contributed by atoms with van der Waals surface area (Å²) in [7, 11) is 0. The van der Waals surface area contributed by atoms with E-state index in [9.17, 15) is 0 Å². The molecule has 0 fully saturated rings. The zero-order valence-corrected chi connectivity index (χ0v) is 28.0. The van der Waals surface area contributed by atoms with Crippen molar-refractivity contribution in [1.82, 2.24) is 29.9 Å². The molecule has 2 aliphatic rings. The maximum absolute atomic E-state index is 6.60. The summed E-state index contributed by atoms with van der Waals surface area (Å²) < 4.78 is 13.2. The number of aromatic amines is 2. The molecule has 2 aliphatic heterocycles. The summed E-state index contributed by atoms with van der Waals surface area (Å²) >= 11 is 0. The molecule has 250 valence electrons. The summed E-state index contributed by atoms with van der Waals surface area (Å²) in [4.78, 5) is 26.4. The molecule has 2 N–H and O–H groups in total. The van der Waals surface area contributed by atoms with Crippen LogP contribution in [0.2, 0.25) is 0 Å². The predicted octanol–water partition coefficient (Wildman–Crippen LogP) is 9.94. The van der Waals surface area contributed by atoms with Crippen molar-refractivity contribution in [3.8, 4) is 33.8 Å². The van der Waals surface area contributed by atoms with Crippen molar-refractivity contribution in [2.24, 2.45) is 0 Å².